The largest absolute Gasteiger partial charge is 0.344 e. The van der Waals surface area contributed by atoms with E-state index in [0.29, 0.717) is 24.1 Å². The molecule has 0 radical (unpaired) electrons. The fourth-order valence-electron chi connectivity index (χ4n) is 3.46. The summed E-state index contributed by atoms with van der Waals surface area (Å²) in [6.07, 6.45) is 2.34. The molecule has 0 aliphatic heterocycles. The predicted molar refractivity (Wildman–Crippen MR) is 123 cm³/mol. The number of nitrogens with zero attached hydrogens (tertiary/aromatic N) is 3. The minimum absolute atomic E-state index is 0.106. The molecule has 2 aromatic heterocycles. The molecule has 1 atom stereocenters. The molecule has 2 aromatic carbocycles. The second-order valence-corrected chi connectivity index (χ2v) is 7.95. The predicted octanol–water partition coefficient (Wildman–Crippen LogP) is 5.09. The Bertz CT molecular complexity index is 1100. The first-order valence-corrected chi connectivity index (χ1v) is 10.8. The molecule has 4 rings (SSSR count). The first kappa shape index (κ1) is 21.4. The highest BCUT2D eigenvalue weighted by molar-refractivity contribution is 5.77. The second kappa shape index (κ2) is 10.0. The third-order valence-corrected chi connectivity index (χ3v) is 5.29. The van der Waals surface area contributed by atoms with Crippen molar-refractivity contribution in [3.8, 4) is 11.4 Å². The topological polar surface area (TPSA) is 80.9 Å². The number of rotatable bonds is 8. The molecular weight excluding hydrogens is 400 g/mol. The summed E-state index contributed by atoms with van der Waals surface area (Å²) in [5.41, 5.74) is 3.92. The number of hydrogen-bond acceptors (Lipinski definition) is 5. The highest BCUT2D eigenvalue weighted by atomic mass is 16.5. The number of amides is 1. The van der Waals surface area contributed by atoms with E-state index in [-0.39, 0.29) is 18.4 Å². The van der Waals surface area contributed by atoms with Gasteiger partial charge in [0.2, 0.25) is 17.6 Å². The number of nitrogens with one attached hydrogen (secondary N) is 1. The number of pyridine rings is 1. The quantitative estimate of drug-likeness (QED) is 0.424. The Morgan fingerprint density at radius 2 is 1.69 bits per heavy atom. The van der Waals surface area contributed by atoms with E-state index in [2.05, 4.69) is 46.4 Å². The summed E-state index contributed by atoms with van der Waals surface area (Å²) < 4.78 is 5.37. The van der Waals surface area contributed by atoms with Gasteiger partial charge in [0.25, 0.3) is 0 Å². The van der Waals surface area contributed by atoms with Gasteiger partial charge >= 0.3 is 0 Å². The third kappa shape index (κ3) is 5.27. The summed E-state index contributed by atoms with van der Waals surface area (Å²) >= 11 is 0. The first-order chi connectivity index (χ1) is 15.6. The normalized spacial score (nSPS) is 12.0. The lowest BCUT2D eigenvalue weighted by molar-refractivity contribution is -0.121. The molecule has 0 fully saturated rings. The molecule has 0 saturated heterocycles. The van der Waals surface area contributed by atoms with Crippen LogP contribution in [0, 0.1) is 0 Å². The van der Waals surface area contributed by atoms with Crippen molar-refractivity contribution in [3.05, 3.63) is 102 Å². The molecule has 0 bridgehead atoms. The van der Waals surface area contributed by atoms with Crippen LogP contribution in [0.15, 0.2) is 83.5 Å². The number of benzene rings is 2. The zero-order valence-corrected chi connectivity index (χ0v) is 18.2. The van der Waals surface area contributed by atoms with E-state index in [1.54, 1.807) is 6.20 Å². The van der Waals surface area contributed by atoms with E-state index >= 15 is 0 Å². The van der Waals surface area contributed by atoms with Crippen molar-refractivity contribution < 1.29 is 9.32 Å². The molecule has 1 unspecified atom stereocenters. The van der Waals surface area contributed by atoms with Crippen LogP contribution in [0.3, 0.4) is 0 Å². The zero-order valence-electron chi connectivity index (χ0n) is 18.2. The number of aromatic nitrogens is 3. The summed E-state index contributed by atoms with van der Waals surface area (Å²) in [6, 6.07) is 23.3. The van der Waals surface area contributed by atoms with Gasteiger partial charge in [0, 0.05) is 24.6 Å². The molecule has 4 aromatic rings. The highest BCUT2D eigenvalue weighted by Gasteiger charge is 2.18. The maximum absolute atomic E-state index is 12.7. The Balaban J connectivity index is 1.40. The lowest BCUT2D eigenvalue weighted by atomic mass is 10.0. The van der Waals surface area contributed by atoms with Gasteiger partial charge in [0.15, 0.2) is 0 Å². The van der Waals surface area contributed by atoms with Crippen molar-refractivity contribution in [1.29, 1.82) is 0 Å². The standard InChI is InChI=1S/C26H26N4O2/c1-18(2)19-11-13-21(14-12-19)26-29-24(32-30-26)16-15-23(31)28-25(20-8-4-3-5-9-20)22-10-6-7-17-27-22/h3-14,17-18,25H,15-16H2,1-2H3,(H,28,31). The molecule has 32 heavy (non-hydrogen) atoms. The van der Waals surface area contributed by atoms with Crippen LogP contribution in [0.2, 0.25) is 0 Å². The maximum atomic E-state index is 12.7. The number of carbonyl (C=O) groups excluding carboxylic acids is 1. The Kier molecular flexibility index (Phi) is 6.70. The molecular formula is C26H26N4O2. The SMILES string of the molecule is CC(C)c1ccc(-c2noc(CCC(=O)NC(c3ccccc3)c3ccccn3)n2)cc1. The van der Waals surface area contributed by atoms with Crippen molar-refractivity contribution >= 4 is 5.91 Å². The van der Waals surface area contributed by atoms with E-state index in [9.17, 15) is 4.79 Å². The highest BCUT2D eigenvalue weighted by Crippen LogP contribution is 2.22. The number of carbonyl (C=O) groups is 1. The van der Waals surface area contributed by atoms with E-state index < -0.39 is 0 Å². The Morgan fingerprint density at radius 1 is 0.938 bits per heavy atom. The molecule has 1 amide bonds. The van der Waals surface area contributed by atoms with Gasteiger partial charge in [-0.25, -0.2) is 0 Å². The Hall–Kier alpha value is -3.80. The summed E-state index contributed by atoms with van der Waals surface area (Å²) in [5, 5.41) is 7.15. The van der Waals surface area contributed by atoms with Crippen LogP contribution in [-0.4, -0.2) is 21.0 Å². The van der Waals surface area contributed by atoms with Crippen LogP contribution >= 0.6 is 0 Å². The van der Waals surface area contributed by atoms with Crippen LogP contribution in [0.4, 0.5) is 0 Å². The molecule has 6 nitrogen and oxygen atoms in total. The van der Waals surface area contributed by atoms with Crippen LogP contribution in [0.25, 0.3) is 11.4 Å². The summed E-state index contributed by atoms with van der Waals surface area (Å²) in [7, 11) is 0. The minimum Gasteiger partial charge on any atom is -0.344 e. The average Bonchev–Trinajstić information content (AvgIpc) is 3.31. The van der Waals surface area contributed by atoms with E-state index in [1.807, 2.05) is 60.7 Å². The first-order valence-electron chi connectivity index (χ1n) is 10.8. The van der Waals surface area contributed by atoms with Gasteiger partial charge in [-0.1, -0.05) is 79.7 Å². The fraction of sp³-hybridized carbons (Fsp3) is 0.231. The summed E-state index contributed by atoms with van der Waals surface area (Å²) in [5.74, 6) is 1.34. The van der Waals surface area contributed by atoms with Gasteiger partial charge in [-0.15, -0.1) is 0 Å². The van der Waals surface area contributed by atoms with Crippen LogP contribution in [0.1, 0.15) is 54.9 Å². The molecule has 6 heteroatoms. The Morgan fingerprint density at radius 3 is 2.38 bits per heavy atom. The van der Waals surface area contributed by atoms with Gasteiger partial charge in [0.1, 0.15) is 0 Å². The van der Waals surface area contributed by atoms with E-state index in [4.69, 9.17) is 4.52 Å². The smallest absolute Gasteiger partial charge is 0.227 e. The average molecular weight is 427 g/mol. The summed E-state index contributed by atoms with van der Waals surface area (Å²) in [4.78, 5) is 21.6. The van der Waals surface area contributed by atoms with Gasteiger partial charge in [0.05, 0.1) is 11.7 Å². The lowest BCUT2D eigenvalue weighted by Gasteiger charge is -2.18. The molecule has 1 N–H and O–H groups in total. The molecule has 0 spiro atoms. The molecule has 0 aliphatic carbocycles. The van der Waals surface area contributed by atoms with Crippen molar-refractivity contribution in [3.63, 3.8) is 0 Å². The molecule has 0 aliphatic rings. The maximum Gasteiger partial charge on any atom is 0.227 e. The van der Waals surface area contributed by atoms with Crippen molar-refractivity contribution in [2.45, 2.75) is 38.6 Å². The van der Waals surface area contributed by atoms with Crippen LogP contribution < -0.4 is 5.32 Å². The van der Waals surface area contributed by atoms with Crippen molar-refractivity contribution in [1.82, 2.24) is 20.4 Å². The van der Waals surface area contributed by atoms with Gasteiger partial charge < -0.3 is 9.84 Å². The minimum atomic E-state index is -0.317. The Labute approximate surface area is 187 Å². The lowest BCUT2D eigenvalue weighted by Crippen LogP contribution is -2.30. The third-order valence-electron chi connectivity index (χ3n) is 5.29. The van der Waals surface area contributed by atoms with E-state index in [0.717, 1.165) is 16.8 Å². The monoisotopic (exact) mass is 426 g/mol. The summed E-state index contributed by atoms with van der Waals surface area (Å²) in [6.45, 7) is 4.31. The van der Waals surface area contributed by atoms with Crippen molar-refractivity contribution in [2.75, 3.05) is 0 Å². The fourth-order valence-corrected chi connectivity index (χ4v) is 3.46. The second-order valence-electron chi connectivity index (χ2n) is 7.95. The molecule has 162 valence electrons. The van der Waals surface area contributed by atoms with Gasteiger partial charge in [-0.2, -0.15) is 4.98 Å². The van der Waals surface area contributed by atoms with Crippen LogP contribution in [-0.2, 0) is 11.2 Å². The molecule has 2 heterocycles. The number of aryl methyl sites for hydroxylation is 1. The zero-order chi connectivity index (χ0) is 22.3. The van der Waals surface area contributed by atoms with Crippen molar-refractivity contribution in [2.24, 2.45) is 0 Å². The van der Waals surface area contributed by atoms with Gasteiger partial charge in [-0.05, 0) is 29.2 Å². The molecule has 0 saturated carbocycles. The van der Waals surface area contributed by atoms with E-state index in [1.165, 1.54) is 5.56 Å². The van der Waals surface area contributed by atoms with Crippen LogP contribution in [0.5, 0.6) is 0 Å². The number of hydrogen-bond donors (Lipinski definition) is 1. The van der Waals surface area contributed by atoms with Gasteiger partial charge in [-0.3, -0.25) is 9.78 Å².